The standard InChI is InChI=1S/C11H13BrN2OS/c1-7-3-10(14(2)13-7)11(15)5-9-4-8(12)6-16-9/h3-4,6,11,15H,5H2,1-2H3. The number of rotatable bonds is 3. The quantitative estimate of drug-likeness (QED) is 0.946. The van der Waals surface area contributed by atoms with Crippen molar-refractivity contribution in [1.82, 2.24) is 9.78 Å². The van der Waals surface area contributed by atoms with Gasteiger partial charge in [0.2, 0.25) is 0 Å². The van der Waals surface area contributed by atoms with Gasteiger partial charge in [0.05, 0.1) is 11.4 Å². The van der Waals surface area contributed by atoms with Gasteiger partial charge in [-0.2, -0.15) is 5.10 Å². The van der Waals surface area contributed by atoms with Crippen LogP contribution in [-0.2, 0) is 13.5 Å². The van der Waals surface area contributed by atoms with E-state index in [1.165, 1.54) is 4.88 Å². The van der Waals surface area contributed by atoms with Crippen molar-refractivity contribution < 1.29 is 5.11 Å². The van der Waals surface area contributed by atoms with Gasteiger partial charge in [-0.25, -0.2) is 0 Å². The second-order valence-electron chi connectivity index (χ2n) is 3.79. The Kier molecular flexibility index (Phi) is 3.47. The normalized spacial score (nSPS) is 13.0. The molecule has 1 atom stereocenters. The first-order valence-electron chi connectivity index (χ1n) is 4.98. The summed E-state index contributed by atoms with van der Waals surface area (Å²) in [5.41, 5.74) is 1.80. The van der Waals surface area contributed by atoms with Crippen LogP contribution in [0.4, 0.5) is 0 Å². The molecule has 0 bridgehead atoms. The average molecular weight is 301 g/mol. The Hall–Kier alpha value is -0.650. The van der Waals surface area contributed by atoms with Crippen molar-refractivity contribution in [2.75, 3.05) is 0 Å². The van der Waals surface area contributed by atoms with Crippen molar-refractivity contribution in [3.8, 4) is 0 Å². The van der Waals surface area contributed by atoms with Crippen LogP contribution in [0.15, 0.2) is 22.0 Å². The maximum Gasteiger partial charge on any atom is 0.100 e. The topological polar surface area (TPSA) is 38.0 Å². The molecule has 0 saturated heterocycles. The van der Waals surface area contributed by atoms with Crippen molar-refractivity contribution in [1.29, 1.82) is 0 Å². The lowest BCUT2D eigenvalue weighted by atomic mass is 10.1. The van der Waals surface area contributed by atoms with Crippen LogP contribution in [0.25, 0.3) is 0 Å². The van der Waals surface area contributed by atoms with Crippen LogP contribution in [0.2, 0.25) is 0 Å². The van der Waals surface area contributed by atoms with Crippen molar-refractivity contribution in [3.05, 3.63) is 38.3 Å². The van der Waals surface area contributed by atoms with Crippen molar-refractivity contribution in [2.45, 2.75) is 19.4 Å². The zero-order valence-electron chi connectivity index (χ0n) is 9.14. The first kappa shape index (κ1) is 11.8. The van der Waals surface area contributed by atoms with Gasteiger partial charge in [-0.05, 0) is 35.0 Å². The molecule has 1 N–H and O–H groups in total. The lowest BCUT2D eigenvalue weighted by molar-refractivity contribution is 0.169. The average Bonchev–Trinajstić information content (AvgIpc) is 2.73. The number of thiophene rings is 1. The molecular formula is C11H13BrN2OS. The van der Waals surface area contributed by atoms with Crippen LogP contribution in [0.5, 0.6) is 0 Å². The minimum atomic E-state index is -0.489. The van der Waals surface area contributed by atoms with E-state index in [4.69, 9.17) is 0 Å². The molecule has 0 spiro atoms. The first-order chi connectivity index (χ1) is 7.56. The summed E-state index contributed by atoms with van der Waals surface area (Å²) >= 11 is 5.06. The Morgan fingerprint density at radius 1 is 1.56 bits per heavy atom. The fraction of sp³-hybridized carbons (Fsp3) is 0.364. The molecule has 0 amide bonds. The molecule has 5 heteroatoms. The predicted octanol–water partition coefficient (Wildman–Crippen LogP) is 2.83. The predicted molar refractivity (Wildman–Crippen MR) is 68.6 cm³/mol. The van der Waals surface area contributed by atoms with E-state index in [0.717, 1.165) is 15.9 Å². The molecule has 0 aliphatic rings. The summed E-state index contributed by atoms with van der Waals surface area (Å²) in [7, 11) is 1.86. The van der Waals surface area contributed by atoms with E-state index >= 15 is 0 Å². The Labute approximate surface area is 107 Å². The Bertz CT molecular complexity index is 492. The third kappa shape index (κ3) is 2.53. The van der Waals surface area contributed by atoms with Crippen LogP contribution in [0.3, 0.4) is 0 Å². The third-order valence-corrected chi connectivity index (χ3v) is 4.12. The van der Waals surface area contributed by atoms with Crippen LogP contribution in [0.1, 0.15) is 22.4 Å². The Morgan fingerprint density at radius 2 is 2.31 bits per heavy atom. The van der Waals surface area contributed by atoms with Gasteiger partial charge in [0.25, 0.3) is 0 Å². The van der Waals surface area contributed by atoms with Crippen molar-refractivity contribution >= 4 is 27.3 Å². The van der Waals surface area contributed by atoms with Gasteiger partial charge in [-0.15, -0.1) is 11.3 Å². The maximum atomic E-state index is 10.1. The molecule has 2 rings (SSSR count). The zero-order chi connectivity index (χ0) is 11.7. The molecule has 0 aliphatic heterocycles. The lowest BCUT2D eigenvalue weighted by Gasteiger charge is -2.09. The fourth-order valence-corrected chi connectivity index (χ4v) is 3.19. The van der Waals surface area contributed by atoms with E-state index in [9.17, 15) is 5.11 Å². The molecular weight excluding hydrogens is 288 g/mol. The van der Waals surface area contributed by atoms with Crippen molar-refractivity contribution in [3.63, 3.8) is 0 Å². The van der Waals surface area contributed by atoms with E-state index in [0.29, 0.717) is 6.42 Å². The van der Waals surface area contributed by atoms with Crippen LogP contribution >= 0.6 is 27.3 Å². The van der Waals surface area contributed by atoms with Gasteiger partial charge < -0.3 is 5.11 Å². The second kappa shape index (κ2) is 4.69. The van der Waals surface area contributed by atoms with Gasteiger partial charge in [0.15, 0.2) is 0 Å². The summed E-state index contributed by atoms with van der Waals surface area (Å²) in [6.07, 6.45) is 0.145. The Balaban J connectivity index is 2.14. The molecule has 0 fully saturated rings. The molecule has 2 aromatic heterocycles. The smallest absolute Gasteiger partial charge is 0.100 e. The van der Waals surface area contributed by atoms with E-state index < -0.39 is 6.10 Å². The molecule has 0 saturated carbocycles. The highest BCUT2D eigenvalue weighted by molar-refractivity contribution is 9.10. The summed E-state index contributed by atoms with van der Waals surface area (Å²) in [6.45, 7) is 1.93. The summed E-state index contributed by atoms with van der Waals surface area (Å²) < 4.78 is 2.81. The number of hydrogen-bond donors (Lipinski definition) is 1. The van der Waals surface area contributed by atoms with Crippen LogP contribution in [-0.4, -0.2) is 14.9 Å². The summed E-state index contributed by atoms with van der Waals surface area (Å²) in [6, 6.07) is 3.96. The number of halogens is 1. The van der Waals surface area contributed by atoms with Crippen LogP contribution < -0.4 is 0 Å². The van der Waals surface area contributed by atoms with Gasteiger partial charge in [-0.3, -0.25) is 4.68 Å². The van der Waals surface area contributed by atoms with E-state index in [1.54, 1.807) is 16.0 Å². The fourth-order valence-electron chi connectivity index (χ4n) is 1.70. The number of aromatic nitrogens is 2. The Morgan fingerprint density at radius 3 is 2.81 bits per heavy atom. The molecule has 2 heterocycles. The number of aliphatic hydroxyl groups is 1. The summed E-state index contributed by atoms with van der Waals surface area (Å²) in [5, 5.41) is 16.4. The molecule has 1 unspecified atom stereocenters. The third-order valence-electron chi connectivity index (χ3n) is 2.40. The van der Waals surface area contributed by atoms with Crippen molar-refractivity contribution in [2.24, 2.45) is 7.05 Å². The minimum absolute atomic E-state index is 0.489. The molecule has 3 nitrogen and oxygen atoms in total. The minimum Gasteiger partial charge on any atom is -0.386 e. The monoisotopic (exact) mass is 300 g/mol. The van der Waals surface area contributed by atoms with Gasteiger partial charge >= 0.3 is 0 Å². The number of nitrogens with zero attached hydrogens (tertiary/aromatic N) is 2. The number of hydrogen-bond acceptors (Lipinski definition) is 3. The van der Waals surface area contributed by atoms with Gasteiger partial charge in [0.1, 0.15) is 6.10 Å². The highest BCUT2D eigenvalue weighted by Gasteiger charge is 2.14. The molecule has 86 valence electrons. The molecule has 16 heavy (non-hydrogen) atoms. The lowest BCUT2D eigenvalue weighted by Crippen LogP contribution is -2.07. The second-order valence-corrected chi connectivity index (χ2v) is 5.70. The summed E-state index contributed by atoms with van der Waals surface area (Å²) in [5.74, 6) is 0. The molecule has 0 radical (unpaired) electrons. The summed E-state index contributed by atoms with van der Waals surface area (Å²) in [4.78, 5) is 1.17. The molecule has 2 aromatic rings. The zero-order valence-corrected chi connectivity index (χ0v) is 11.5. The maximum absolute atomic E-state index is 10.1. The number of aryl methyl sites for hydroxylation is 2. The van der Waals surface area contributed by atoms with Crippen LogP contribution in [0, 0.1) is 6.92 Å². The first-order valence-corrected chi connectivity index (χ1v) is 6.65. The van der Waals surface area contributed by atoms with E-state index in [-0.39, 0.29) is 0 Å². The highest BCUT2D eigenvalue weighted by atomic mass is 79.9. The van der Waals surface area contributed by atoms with E-state index in [1.807, 2.05) is 31.5 Å². The largest absolute Gasteiger partial charge is 0.386 e. The SMILES string of the molecule is Cc1cc(C(O)Cc2cc(Br)cs2)n(C)n1. The highest BCUT2D eigenvalue weighted by Crippen LogP contribution is 2.25. The molecule has 0 aliphatic carbocycles. The molecule has 0 aromatic carbocycles. The van der Waals surface area contributed by atoms with Gasteiger partial charge in [0, 0.05) is 28.2 Å². The van der Waals surface area contributed by atoms with E-state index in [2.05, 4.69) is 21.0 Å². The number of aliphatic hydroxyl groups excluding tert-OH is 1. The van der Waals surface area contributed by atoms with Gasteiger partial charge in [-0.1, -0.05) is 0 Å².